The Hall–Kier alpha value is -1.59. The molecule has 0 aliphatic carbocycles. The van der Waals surface area contributed by atoms with Crippen LogP contribution in [0.2, 0.25) is 0 Å². The van der Waals surface area contributed by atoms with Gasteiger partial charge in [-0.1, -0.05) is 42.1 Å². The summed E-state index contributed by atoms with van der Waals surface area (Å²) in [6.07, 6.45) is 0. The van der Waals surface area contributed by atoms with Crippen molar-refractivity contribution >= 4 is 23.1 Å². The summed E-state index contributed by atoms with van der Waals surface area (Å²) in [7, 11) is 0. The second-order valence-electron chi connectivity index (χ2n) is 4.74. The molecule has 3 nitrogen and oxygen atoms in total. The normalized spacial score (nSPS) is 11.0. The maximum Gasteiger partial charge on any atom is 0.191 e. The minimum atomic E-state index is 0.885. The van der Waals surface area contributed by atoms with Crippen LogP contribution in [-0.4, -0.2) is 14.8 Å². The lowest BCUT2D eigenvalue weighted by molar-refractivity contribution is 0.688. The molecule has 0 aliphatic rings. The van der Waals surface area contributed by atoms with Gasteiger partial charge in [0.15, 0.2) is 11.0 Å². The highest BCUT2D eigenvalue weighted by molar-refractivity contribution is 7.98. The van der Waals surface area contributed by atoms with Crippen molar-refractivity contribution in [1.82, 2.24) is 14.8 Å². The van der Waals surface area contributed by atoms with E-state index in [1.165, 1.54) is 16.0 Å². The number of aryl methyl sites for hydroxylation is 1. The molecule has 0 aliphatic heterocycles. The maximum absolute atomic E-state index is 4.37. The minimum Gasteiger partial charge on any atom is -0.302 e. The van der Waals surface area contributed by atoms with E-state index in [2.05, 4.69) is 70.4 Å². The minimum absolute atomic E-state index is 0.885. The quantitative estimate of drug-likeness (QED) is 0.643. The number of thioether (sulfide) groups is 1. The summed E-state index contributed by atoms with van der Waals surface area (Å²) in [5, 5.41) is 11.8. The molecule has 0 fully saturated rings. The number of aromatic nitrogens is 3. The van der Waals surface area contributed by atoms with Gasteiger partial charge in [0, 0.05) is 12.3 Å². The first kappa shape index (κ1) is 14.4. The van der Waals surface area contributed by atoms with Gasteiger partial charge in [0.05, 0.1) is 4.88 Å². The lowest BCUT2D eigenvalue weighted by atomic mass is 10.1. The van der Waals surface area contributed by atoms with Crippen molar-refractivity contribution < 1.29 is 0 Å². The van der Waals surface area contributed by atoms with Crippen molar-refractivity contribution in [2.75, 3.05) is 0 Å². The van der Waals surface area contributed by atoms with Crippen molar-refractivity contribution in [1.29, 1.82) is 0 Å². The molecule has 108 valence electrons. The SMILES string of the molecule is CCn1c(SCc2ccccc2C)nnc1-c1cccs1. The third kappa shape index (κ3) is 3.04. The van der Waals surface area contributed by atoms with Crippen LogP contribution in [0.25, 0.3) is 10.7 Å². The van der Waals surface area contributed by atoms with Gasteiger partial charge in [-0.25, -0.2) is 0 Å². The third-order valence-corrected chi connectivity index (χ3v) is 5.27. The number of nitrogens with zero attached hydrogens (tertiary/aromatic N) is 3. The molecule has 1 aromatic carbocycles. The van der Waals surface area contributed by atoms with Gasteiger partial charge in [0.2, 0.25) is 0 Å². The number of thiophene rings is 1. The van der Waals surface area contributed by atoms with E-state index in [4.69, 9.17) is 0 Å². The maximum atomic E-state index is 4.37. The molecule has 21 heavy (non-hydrogen) atoms. The Labute approximate surface area is 133 Å². The fourth-order valence-electron chi connectivity index (χ4n) is 2.18. The van der Waals surface area contributed by atoms with Crippen molar-refractivity contribution in [3.05, 3.63) is 52.9 Å². The summed E-state index contributed by atoms with van der Waals surface area (Å²) in [5.74, 6) is 1.90. The monoisotopic (exact) mass is 315 g/mol. The zero-order valence-electron chi connectivity index (χ0n) is 12.1. The molecular formula is C16H17N3S2. The highest BCUT2D eigenvalue weighted by Crippen LogP contribution is 2.29. The molecule has 0 saturated heterocycles. The van der Waals surface area contributed by atoms with Crippen LogP contribution in [0.4, 0.5) is 0 Å². The Morgan fingerprint density at radius 2 is 2.00 bits per heavy atom. The van der Waals surface area contributed by atoms with E-state index in [1.807, 2.05) is 0 Å². The van der Waals surface area contributed by atoms with Crippen LogP contribution in [0.3, 0.4) is 0 Å². The summed E-state index contributed by atoms with van der Waals surface area (Å²) < 4.78 is 2.19. The number of benzene rings is 1. The molecule has 0 bridgehead atoms. The molecule has 0 N–H and O–H groups in total. The fourth-order valence-corrected chi connectivity index (χ4v) is 3.98. The summed E-state index contributed by atoms with van der Waals surface area (Å²) in [6, 6.07) is 12.6. The average Bonchev–Trinajstić information content (AvgIpc) is 3.15. The molecule has 3 rings (SSSR count). The van der Waals surface area contributed by atoms with E-state index < -0.39 is 0 Å². The van der Waals surface area contributed by atoms with E-state index in [0.717, 1.165) is 23.3 Å². The molecular weight excluding hydrogens is 298 g/mol. The second kappa shape index (κ2) is 6.45. The van der Waals surface area contributed by atoms with Crippen molar-refractivity contribution in [3.8, 4) is 10.7 Å². The lowest BCUT2D eigenvalue weighted by Gasteiger charge is -2.07. The molecule has 0 spiro atoms. The number of hydrogen-bond acceptors (Lipinski definition) is 4. The van der Waals surface area contributed by atoms with E-state index in [1.54, 1.807) is 23.1 Å². The number of hydrogen-bond donors (Lipinski definition) is 0. The molecule has 3 aromatic rings. The average molecular weight is 315 g/mol. The Morgan fingerprint density at radius 3 is 2.71 bits per heavy atom. The fraction of sp³-hybridized carbons (Fsp3) is 0.250. The number of rotatable bonds is 5. The second-order valence-corrected chi connectivity index (χ2v) is 6.63. The van der Waals surface area contributed by atoms with Crippen LogP contribution in [0.1, 0.15) is 18.1 Å². The van der Waals surface area contributed by atoms with Crippen molar-refractivity contribution in [2.24, 2.45) is 0 Å². The summed E-state index contributed by atoms with van der Waals surface area (Å²) in [6.45, 7) is 5.17. The van der Waals surface area contributed by atoms with Crippen LogP contribution in [0.15, 0.2) is 46.9 Å². The summed E-state index contributed by atoms with van der Waals surface area (Å²) in [4.78, 5) is 1.17. The first-order chi connectivity index (χ1) is 10.3. The van der Waals surface area contributed by atoms with Crippen molar-refractivity contribution in [3.63, 3.8) is 0 Å². The van der Waals surface area contributed by atoms with Crippen LogP contribution in [-0.2, 0) is 12.3 Å². The van der Waals surface area contributed by atoms with E-state index in [9.17, 15) is 0 Å². The van der Waals surface area contributed by atoms with Gasteiger partial charge < -0.3 is 4.57 Å². The van der Waals surface area contributed by atoms with E-state index in [-0.39, 0.29) is 0 Å². The summed E-state index contributed by atoms with van der Waals surface area (Å²) >= 11 is 3.45. The molecule has 2 aromatic heterocycles. The van der Waals surface area contributed by atoms with Crippen LogP contribution in [0, 0.1) is 6.92 Å². The Kier molecular flexibility index (Phi) is 4.41. The van der Waals surface area contributed by atoms with Gasteiger partial charge in [-0.3, -0.25) is 0 Å². The van der Waals surface area contributed by atoms with Gasteiger partial charge >= 0.3 is 0 Å². The summed E-state index contributed by atoms with van der Waals surface area (Å²) in [5.41, 5.74) is 2.68. The molecule has 5 heteroatoms. The van der Waals surface area contributed by atoms with Gasteiger partial charge in [0.1, 0.15) is 0 Å². The molecule has 2 heterocycles. The zero-order chi connectivity index (χ0) is 14.7. The van der Waals surface area contributed by atoms with Gasteiger partial charge in [-0.05, 0) is 36.4 Å². The molecule has 0 unspecified atom stereocenters. The Bertz CT molecular complexity index is 717. The standard InChI is InChI=1S/C16H17N3S2/c1-3-19-15(14-9-6-10-20-14)17-18-16(19)21-11-13-8-5-4-7-12(13)2/h4-10H,3,11H2,1-2H3. The molecule has 0 radical (unpaired) electrons. The van der Waals surface area contributed by atoms with Crippen LogP contribution < -0.4 is 0 Å². The molecule has 0 saturated carbocycles. The topological polar surface area (TPSA) is 30.7 Å². The van der Waals surface area contributed by atoms with E-state index >= 15 is 0 Å². The third-order valence-electron chi connectivity index (χ3n) is 3.39. The molecule has 0 atom stereocenters. The Balaban J connectivity index is 1.82. The van der Waals surface area contributed by atoms with Gasteiger partial charge in [-0.15, -0.1) is 21.5 Å². The largest absolute Gasteiger partial charge is 0.302 e. The van der Waals surface area contributed by atoms with Gasteiger partial charge in [-0.2, -0.15) is 0 Å². The van der Waals surface area contributed by atoms with Crippen molar-refractivity contribution in [2.45, 2.75) is 31.3 Å². The Morgan fingerprint density at radius 1 is 1.14 bits per heavy atom. The lowest BCUT2D eigenvalue weighted by Crippen LogP contribution is -1.99. The highest BCUT2D eigenvalue weighted by Gasteiger charge is 2.14. The first-order valence-corrected chi connectivity index (χ1v) is 8.80. The predicted molar refractivity (Wildman–Crippen MR) is 89.7 cm³/mol. The predicted octanol–water partition coefficient (Wildman–Crippen LogP) is 4.63. The zero-order valence-corrected chi connectivity index (χ0v) is 13.7. The van der Waals surface area contributed by atoms with Crippen LogP contribution >= 0.6 is 23.1 Å². The smallest absolute Gasteiger partial charge is 0.191 e. The highest BCUT2D eigenvalue weighted by atomic mass is 32.2. The first-order valence-electron chi connectivity index (χ1n) is 6.94. The van der Waals surface area contributed by atoms with Gasteiger partial charge in [0.25, 0.3) is 0 Å². The molecule has 0 amide bonds. The van der Waals surface area contributed by atoms with Crippen LogP contribution in [0.5, 0.6) is 0 Å². The van der Waals surface area contributed by atoms with E-state index in [0.29, 0.717) is 0 Å².